The van der Waals surface area contributed by atoms with Gasteiger partial charge in [-0.2, -0.15) is 0 Å². The molecule has 0 aliphatic carbocycles. The highest BCUT2D eigenvalue weighted by atomic mass is 32.2. The summed E-state index contributed by atoms with van der Waals surface area (Å²) >= 11 is 1.39. The van der Waals surface area contributed by atoms with Gasteiger partial charge in [-0.1, -0.05) is 86.3 Å². The molecule has 0 saturated carbocycles. The molecule has 0 saturated heterocycles. The standard InChI is InChI=1S/C26H26N4OS/c1-18(2)20-14-16-22(17-15-20)27-25(31)19(3)32-26-29-28-24(21-10-6-4-7-11-21)30(26)23-12-8-5-9-13-23/h4-19H,1-3H3,(H,27,31). The van der Waals surface area contributed by atoms with E-state index < -0.39 is 0 Å². The minimum absolute atomic E-state index is 0.0730. The highest BCUT2D eigenvalue weighted by Crippen LogP contribution is 2.30. The molecule has 1 amide bonds. The van der Waals surface area contributed by atoms with Gasteiger partial charge in [0.2, 0.25) is 5.91 Å². The largest absolute Gasteiger partial charge is 0.325 e. The van der Waals surface area contributed by atoms with E-state index in [2.05, 4.69) is 41.5 Å². The van der Waals surface area contributed by atoms with Crippen LogP contribution in [0.2, 0.25) is 0 Å². The fourth-order valence-electron chi connectivity index (χ4n) is 3.34. The van der Waals surface area contributed by atoms with E-state index in [1.54, 1.807) is 0 Å². The molecule has 1 aromatic heterocycles. The topological polar surface area (TPSA) is 59.8 Å². The average Bonchev–Trinajstić information content (AvgIpc) is 3.24. The number of para-hydroxylation sites is 1. The molecular weight excluding hydrogens is 416 g/mol. The Balaban J connectivity index is 1.57. The van der Waals surface area contributed by atoms with Crippen molar-refractivity contribution in [1.82, 2.24) is 14.8 Å². The first kappa shape index (κ1) is 21.8. The van der Waals surface area contributed by atoms with Crippen LogP contribution >= 0.6 is 11.8 Å². The van der Waals surface area contributed by atoms with Crippen molar-refractivity contribution in [2.24, 2.45) is 0 Å². The number of amides is 1. The van der Waals surface area contributed by atoms with Crippen LogP contribution in [0.5, 0.6) is 0 Å². The predicted molar refractivity (Wildman–Crippen MR) is 131 cm³/mol. The van der Waals surface area contributed by atoms with E-state index in [0.717, 1.165) is 22.8 Å². The lowest BCUT2D eigenvalue weighted by Gasteiger charge is -2.14. The maximum Gasteiger partial charge on any atom is 0.237 e. The molecule has 1 atom stereocenters. The van der Waals surface area contributed by atoms with Crippen LogP contribution in [0, 0.1) is 0 Å². The lowest BCUT2D eigenvalue weighted by atomic mass is 10.0. The van der Waals surface area contributed by atoms with Crippen molar-refractivity contribution in [3.8, 4) is 17.1 Å². The maximum atomic E-state index is 12.9. The summed E-state index contributed by atoms with van der Waals surface area (Å²) in [5.41, 5.74) is 3.96. The molecule has 32 heavy (non-hydrogen) atoms. The molecule has 6 heteroatoms. The minimum Gasteiger partial charge on any atom is -0.325 e. The number of benzene rings is 3. The Morgan fingerprint density at radius 3 is 2.09 bits per heavy atom. The molecule has 0 bridgehead atoms. The summed E-state index contributed by atoms with van der Waals surface area (Å²) in [7, 11) is 0. The molecule has 0 fully saturated rings. The number of rotatable bonds is 7. The molecule has 5 nitrogen and oxygen atoms in total. The number of hydrogen-bond donors (Lipinski definition) is 1. The van der Waals surface area contributed by atoms with Crippen molar-refractivity contribution >= 4 is 23.4 Å². The summed E-state index contributed by atoms with van der Waals surface area (Å²) < 4.78 is 2.00. The SMILES string of the molecule is CC(Sc1nnc(-c2ccccc2)n1-c1ccccc1)C(=O)Nc1ccc(C(C)C)cc1. The van der Waals surface area contributed by atoms with Gasteiger partial charge >= 0.3 is 0 Å². The van der Waals surface area contributed by atoms with Gasteiger partial charge in [0.15, 0.2) is 11.0 Å². The lowest BCUT2D eigenvalue weighted by Crippen LogP contribution is -2.22. The van der Waals surface area contributed by atoms with Gasteiger partial charge in [-0.05, 0) is 42.7 Å². The third-order valence-electron chi connectivity index (χ3n) is 5.18. The van der Waals surface area contributed by atoms with Crippen molar-refractivity contribution < 1.29 is 4.79 Å². The second-order valence-corrected chi connectivity index (χ2v) is 9.18. The van der Waals surface area contributed by atoms with Crippen molar-refractivity contribution in [3.63, 3.8) is 0 Å². The third kappa shape index (κ3) is 4.92. The molecule has 0 aliphatic rings. The van der Waals surface area contributed by atoms with Crippen LogP contribution in [0.1, 0.15) is 32.3 Å². The number of carbonyl (C=O) groups excluding carboxylic acids is 1. The van der Waals surface area contributed by atoms with Crippen LogP contribution in [0.4, 0.5) is 5.69 Å². The summed E-state index contributed by atoms with van der Waals surface area (Å²) in [4.78, 5) is 12.9. The van der Waals surface area contributed by atoms with E-state index >= 15 is 0 Å². The normalized spacial score (nSPS) is 12.0. The van der Waals surface area contributed by atoms with Crippen molar-refractivity contribution in [1.29, 1.82) is 0 Å². The third-order valence-corrected chi connectivity index (χ3v) is 6.22. The zero-order chi connectivity index (χ0) is 22.5. The molecule has 162 valence electrons. The summed E-state index contributed by atoms with van der Waals surface area (Å²) in [6, 6.07) is 27.9. The lowest BCUT2D eigenvalue weighted by molar-refractivity contribution is -0.115. The van der Waals surface area contributed by atoms with Gasteiger partial charge in [0.25, 0.3) is 0 Å². The van der Waals surface area contributed by atoms with E-state index in [0.29, 0.717) is 11.1 Å². The van der Waals surface area contributed by atoms with Crippen LogP contribution in [-0.2, 0) is 4.79 Å². The van der Waals surface area contributed by atoms with E-state index in [1.807, 2.05) is 84.3 Å². The first-order chi connectivity index (χ1) is 15.5. The van der Waals surface area contributed by atoms with E-state index in [4.69, 9.17) is 0 Å². The molecular formula is C26H26N4OS. The van der Waals surface area contributed by atoms with Crippen LogP contribution < -0.4 is 5.32 Å². The number of nitrogens with one attached hydrogen (secondary N) is 1. The zero-order valence-corrected chi connectivity index (χ0v) is 19.2. The van der Waals surface area contributed by atoms with Gasteiger partial charge in [0.1, 0.15) is 0 Å². The van der Waals surface area contributed by atoms with Crippen LogP contribution in [-0.4, -0.2) is 25.9 Å². The van der Waals surface area contributed by atoms with E-state index in [1.165, 1.54) is 17.3 Å². The van der Waals surface area contributed by atoms with Gasteiger partial charge < -0.3 is 5.32 Å². The maximum absolute atomic E-state index is 12.9. The van der Waals surface area contributed by atoms with Gasteiger partial charge in [-0.3, -0.25) is 9.36 Å². The summed E-state index contributed by atoms with van der Waals surface area (Å²) in [6.07, 6.45) is 0. The number of aromatic nitrogens is 3. The first-order valence-corrected chi connectivity index (χ1v) is 11.5. The zero-order valence-electron chi connectivity index (χ0n) is 18.4. The van der Waals surface area contributed by atoms with Crippen molar-refractivity contribution in [2.45, 2.75) is 37.1 Å². The van der Waals surface area contributed by atoms with Gasteiger partial charge in [-0.25, -0.2) is 0 Å². The van der Waals surface area contributed by atoms with Crippen molar-refractivity contribution in [3.05, 3.63) is 90.5 Å². The second kappa shape index (κ2) is 9.83. The molecule has 4 rings (SSSR count). The smallest absolute Gasteiger partial charge is 0.237 e. The Kier molecular flexibility index (Phi) is 6.71. The number of carbonyl (C=O) groups is 1. The Labute approximate surface area is 192 Å². The quantitative estimate of drug-likeness (QED) is 0.347. The highest BCUT2D eigenvalue weighted by molar-refractivity contribution is 8.00. The molecule has 1 heterocycles. The molecule has 0 spiro atoms. The fourth-order valence-corrected chi connectivity index (χ4v) is 4.20. The van der Waals surface area contributed by atoms with Gasteiger partial charge in [0, 0.05) is 16.9 Å². The van der Waals surface area contributed by atoms with Gasteiger partial charge in [-0.15, -0.1) is 10.2 Å². The fraction of sp³-hybridized carbons (Fsp3) is 0.192. The first-order valence-electron chi connectivity index (χ1n) is 10.7. The van der Waals surface area contributed by atoms with Gasteiger partial charge in [0.05, 0.1) is 5.25 Å². The van der Waals surface area contributed by atoms with E-state index in [9.17, 15) is 4.79 Å². The number of anilines is 1. The molecule has 0 radical (unpaired) electrons. The molecule has 3 aromatic carbocycles. The number of nitrogens with zero attached hydrogens (tertiary/aromatic N) is 3. The molecule has 1 N–H and O–H groups in total. The number of thioether (sulfide) groups is 1. The Morgan fingerprint density at radius 1 is 0.844 bits per heavy atom. The summed E-state index contributed by atoms with van der Waals surface area (Å²) in [5, 5.41) is 12.2. The molecule has 4 aromatic rings. The molecule has 1 unspecified atom stereocenters. The highest BCUT2D eigenvalue weighted by Gasteiger charge is 2.22. The minimum atomic E-state index is -0.352. The Bertz CT molecular complexity index is 1170. The average molecular weight is 443 g/mol. The second-order valence-electron chi connectivity index (χ2n) is 7.87. The van der Waals surface area contributed by atoms with Crippen molar-refractivity contribution in [2.75, 3.05) is 5.32 Å². The van der Waals surface area contributed by atoms with Crippen LogP contribution in [0.15, 0.2) is 90.1 Å². The predicted octanol–water partition coefficient (Wildman–Crippen LogP) is 6.18. The Morgan fingerprint density at radius 2 is 1.47 bits per heavy atom. The van der Waals surface area contributed by atoms with Crippen LogP contribution in [0.3, 0.4) is 0 Å². The summed E-state index contributed by atoms with van der Waals surface area (Å²) in [5.74, 6) is 1.13. The summed E-state index contributed by atoms with van der Waals surface area (Å²) in [6.45, 7) is 6.19. The Hall–Kier alpha value is -3.38. The number of hydrogen-bond acceptors (Lipinski definition) is 4. The molecule has 0 aliphatic heterocycles. The van der Waals surface area contributed by atoms with E-state index in [-0.39, 0.29) is 11.2 Å². The monoisotopic (exact) mass is 442 g/mol. The van der Waals surface area contributed by atoms with Crippen LogP contribution in [0.25, 0.3) is 17.1 Å².